The molecule has 2 rings (SSSR count). The Morgan fingerprint density at radius 2 is 2.00 bits per heavy atom. The zero-order valence-corrected chi connectivity index (χ0v) is 12.0. The maximum absolute atomic E-state index is 13.7. The van der Waals surface area contributed by atoms with Gasteiger partial charge in [0.1, 0.15) is 17.2 Å². The summed E-state index contributed by atoms with van der Waals surface area (Å²) < 4.78 is 27.7. The van der Waals surface area contributed by atoms with Crippen LogP contribution in [0.15, 0.2) is 16.6 Å². The first-order valence-corrected chi connectivity index (χ1v) is 6.81. The minimum atomic E-state index is -0.879. The highest BCUT2D eigenvalue weighted by Gasteiger charge is 2.30. The summed E-state index contributed by atoms with van der Waals surface area (Å²) in [6.45, 7) is 2.41. The second-order valence-electron chi connectivity index (χ2n) is 4.83. The van der Waals surface area contributed by atoms with E-state index in [1.807, 2.05) is 0 Å². The van der Waals surface area contributed by atoms with E-state index >= 15 is 0 Å². The van der Waals surface area contributed by atoms with Crippen LogP contribution in [0, 0.1) is 17.6 Å². The molecule has 0 radical (unpaired) electrons. The molecule has 6 heteroatoms. The third-order valence-corrected chi connectivity index (χ3v) is 3.83. The molecule has 1 aliphatic heterocycles. The van der Waals surface area contributed by atoms with Gasteiger partial charge >= 0.3 is 0 Å². The number of piperidine rings is 1. The van der Waals surface area contributed by atoms with Gasteiger partial charge in [0, 0.05) is 17.6 Å². The van der Waals surface area contributed by atoms with Gasteiger partial charge < -0.3 is 10.0 Å². The molecule has 2 atom stereocenters. The lowest BCUT2D eigenvalue weighted by molar-refractivity contribution is 0.0292. The molecule has 1 amide bonds. The Bertz CT molecular complexity index is 486. The molecule has 2 unspecified atom stereocenters. The van der Waals surface area contributed by atoms with Crippen molar-refractivity contribution in [3.8, 4) is 0 Å². The van der Waals surface area contributed by atoms with E-state index < -0.39 is 29.2 Å². The number of carbonyl (C=O) groups excluding carboxylic acids is 1. The topological polar surface area (TPSA) is 40.5 Å². The summed E-state index contributed by atoms with van der Waals surface area (Å²) in [4.78, 5) is 13.5. The van der Waals surface area contributed by atoms with Gasteiger partial charge in [-0.25, -0.2) is 8.78 Å². The number of aliphatic hydroxyl groups is 1. The fourth-order valence-corrected chi connectivity index (χ4v) is 2.62. The third-order valence-electron chi connectivity index (χ3n) is 3.37. The summed E-state index contributed by atoms with van der Waals surface area (Å²) in [5.41, 5.74) is -0.535. The molecule has 1 fully saturated rings. The summed E-state index contributed by atoms with van der Waals surface area (Å²) >= 11 is 2.97. The van der Waals surface area contributed by atoms with E-state index in [9.17, 15) is 18.7 Å². The number of benzene rings is 1. The fourth-order valence-electron chi connectivity index (χ4n) is 2.22. The maximum Gasteiger partial charge on any atom is 0.259 e. The van der Waals surface area contributed by atoms with Gasteiger partial charge in [-0.15, -0.1) is 0 Å². The molecule has 1 N–H and O–H groups in total. The number of carbonyl (C=O) groups is 1. The maximum atomic E-state index is 13.7. The monoisotopic (exact) mass is 333 g/mol. The van der Waals surface area contributed by atoms with Crippen LogP contribution in [-0.4, -0.2) is 35.1 Å². The summed E-state index contributed by atoms with van der Waals surface area (Å²) in [6.07, 6.45) is -0.0455. The number of amides is 1. The quantitative estimate of drug-likeness (QED) is 0.858. The fraction of sp³-hybridized carbons (Fsp3) is 0.462. The van der Waals surface area contributed by atoms with E-state index in [2.05, 4.69) is 15.9 Å². The van der Waals surface area contributed by atoms with Gasteiger partial charge in [-0.3, -0.25) is 4.79 Å². The predicted molar refractivity (Wildman–Crippen MR) is 69.7 cm³/mol. The molecule has 1 saturated heterocycles. The lowest BCUT2D eigenvalue weighted by Gasteiger charge is -2.34. The first kappa shape index (κ1) is 14.4. The number of hydrogen-bond donors (Lipinski definition) is 1. The Morgan fingerprint density at radius 1 is 1.42 bits per heavy atom. The van der Waals surface area contributed by atoms with Crippen molar-refractivity contribution in [1.29, 1.82) is 0 Å². The lowest BCUT2D eigenvalue weighted by Crippen LogP contribution is -2.45. The molecule has 104 valence electrons. The Hall–Kier alpha value is -1.01. The number of aliphatic hydroxyl groups excluding tert-OH is 1. The van der Waals surface area contributed by atoms with Gasteiger partial charge in [0.05, 0.1) is 6.10 Å². The van der Waals surface area contributed by atoms with Crippen LogP contribution in [0.2, 0.25) is 0 Å². The van der Waals surface area contributed by atoms with Crippen molar-refractivity contribution in [2.45, 2.75) is 19.4 Å². The molecule has 3 nitrogen and oxygen atoms in total. The molecule has 1 aliphatic rings. The second kappa shape index (κ2) is 5.54. The van der Waals surface area contributed by atoms with Crippen molar-refractivity contribution in [2.75, 3.05) is 13.1 Å². The highest BCUT2D eigenvalue weighted by molar-refractivity contribution is 9.10. The van der Waals surface area contributed by atoms with Gasteiger partial charge in [0.2, 0.25) is 0 Å². The van der Waals surface area contributed by atoms with Gasteiger partial charge in [-0.1, -0.05) is 22.9 Å². The number of halogens is 3. The molecule has 0 aliphatic carbocycles. The molecule has 0 aromatic heterocycles. The van der Waals surface area contributed by atoms with Crippen molar-refractivity contribution >= 4 is 21.8 Å². The molecule has 0 bridgehead atoms. The minimum absolute atomic E-state index is 0.0979. The molecule has 0 saturated carbocycles. The SMILES string of the molecule is CC1CN(C(=O)c2c(F)cc(Br)cc2F)CCC1O. The molecule has 0 spiro atoms. The van der Waals surface area contributed by atoms with Crippen LogP contribution in [0.4, 0.5) is 8.78 Å². The van der Waals surface area contributed by atoms with Gasteiger partial charge in [-0.2, -0.15) is 0 Å². The first-order valence-electron chi connectivity index (χ1n) is 6.02. The van der Waals surface area contributed by atoms with E-state index in [0.29, 0.717) is 19.5 Å². The van der Waals surface area contributed by atoms with E-state index in [1.165, 1.54) is 4.90 Å². The Labute approximate surface area is 118 Å². The van der Waals surface area contributed by atoms with Crippen LogP contribution in [-0.2, 0) is 0 Å². The smallest absolute Gasteiger partial charge is 0.259 e. The highest BCUT2D eigenvalue weighted by Crippen LogP contribution is 2.24. The average molecular weight is 334 g/mol. The Balaban J connectivity index is 2.25. The molecular formula is C13H14BrF2NO2. The van der Waals surface area contributed by atoms with Crippen molar-refractivity contribution in [3.05, 3.63) is 33.8 Å². The van der Waals surface area contributed by atoms with Crippen molar-refractivity contribution in [1.82, 2.24) is 4.90 Å². The van der Waals surface area contributed by atoms with E-state index in [4.69, 9.17) is 0 Å². The normalized spacial score (nSPS) is 23.5. The molecule has 1 aromatic rings. The van der Waals surface area contributed by atoms with Crippen LogP contribution in [0.1, 0.15) is 23.7 Å². The third kappa shape index (κ3) is 2.95. The minimum Gasteiger partial charge on any atom is -0.393 e. The second-order valence-corrected chi connectivity index (χ2v) is 5.74. The van der Waals surface area contributed by atoms with Crippen LogP contribution in [0.5, 0.6) is 0 Å². The van der Waals surface area contributed by atoms with E-state index in [-0.39, 0.29) is 10.4 Å². The average Bonchev–Trinajstić information content (AvgIpc) is 2.31. The van der Waals surface area contributed by atoms with Gasteiger partial charge in [0.15, 0.2) is 0 Å². The van der Waals surface area contributed by atoms with Crippen LogP contribution in [0.25, 0.3) is 0 Å². The largest absolute Gasteiger partial charge is 0.393 e. The number of likely N-dealkylation sites (tertiary alicyclic amines) is 1. The summed E-state index contributed by atoms with van der Waals surface area (Å²) in [5.74, 6) is -2.52. The lowest BCUT2D eigenvalue weighted by atomic mass is 9.96. The van der Waals surface area contributed by atoms with Crippen molar-refractivity contribution in [2.24, 2.45) is 5.92 Å². The summed E-state index contributed by atoms with van der Waals surface area (Å²) in [7, 11) is 0. The van der Waals surface area contributed by atoms with Crippen LogP contribution >= 0.6 is 15.9 Å². The zero-order valence-electron chi connectivity index (χ0n) is 10.4. The first-order chi connectivity index (χ1) is 8.90. The van der Waals surface area contributed by atoms with Crippen LogP contribution < -0.4 is 0 Å². The van der Waals surface area contributed by atoms with Gasteiger partial charge in [0.25, 0.3) is 5.91 Å². The van der Waals surface area contributed by atoms with Gasteiger partial charge in [-0.05, 0) is 24.5 Å². The zero-order chi connectivity index (χ0) is 14.2. The molecule has 1 heterocycles. The number of hydrogen-bond acceptors (Lipinski definition) is 2. The predicted octanol–water partition coefficient (Wildman–Crippen LogP) is 2.57. The Kier molecular flexibility index (Phi) is 4.20. The van der Waals surface area contributed by atoms with Crippen molar-refractivity contribution < 1.29 is 18.7 Å². The standard InChI is InChI=1S/C13H14BrF2NO2/c1-7-6-17(3-2-11(7)18)13(19)12-9(15)4-8(14)5-10(12)16/h4-5,7,11,18H,2-3,6H2,1H3. The van der Waals surface area contributed by atoms with E-state index in [0.717, 1.165) is 12.1 Å². The summed E-state index contributed by atoms with van der Waals surface area (Å²) in [5, 5.41) is 9.60. The van der Waals surface area contributed by atoms with Crippen LogP contribution in [0.3, 0.4) is 0 Å². The van der Waals surface area contributed by atoms with E-state index in [1.54, 1.807) is 6.92 Å². The summed E-state index contributed by atoms with van der Waals surface area (Å²) in [6, 6.07) is 2.14. The molecule has 19 heavy (non-hydrogen) atoms. The number of nitrogens with zero attached hydrogens (tertiary/aromatic N) is 1. The molecular weight excluding hydrogens is 320 g/mol. The highest BCUT2D eigenvalue weighted by atomic mass is 79.9. The number of rotatable bonds is 1. The van der Waals surface area contributed by atoms with Crippen molar-refractivity contribution in [3.63, 3.8) is 0 Å². The molecule has 1 aromatic carbocycles. The Morgan fingerprint density at radius 3 is 2.53 bits per heavy atom.